The second-order valence-corrected chi connectivity index (χ2v) is 12.7. The molecule has 7 rings (SSSR count). The molecule has 0 unspecified atom stereocenters. The molecular formula is C28H36N4O3S. The third kappa shape index (κ3) is 3.71. The Morgan fingerprint density at radius 3 is 2.44 bits per heavy atom. The number of piperazine rings is 1. The van der Waals surface area contributed by atoms with Gasteiger partial charge in [-0.1, -0.05) is 25.0 Å². The summed E-state index contributed by atoms with van der Waals surface area (Å²) in [5, 5.41) is 11.6. The summed E-state index contributed by atoms with van der Waals surface area (Å²) in [6, 6.07) is 8.49. The molecule has 0 spiro atoms. The number of nitrogens with zero attached hydrogens (tertiary/aromatic N) is 4. The highest BCUT2D eigenvalue weighted by Gasteiger charge is 2.63. The number of carbonyl (C=O) groups is 2. The molecule has 2 aliphatic heterocycles. The number of aromatic nitrogens is 1. The van der Waals surface area contributed by atoms with Crippen molar-refractivity contribution in [3.63, 3.8) is 0 Å². The maximum Gasteiger partial charge on any atom is 0.233 e. The zero-order valence-electron chi connectivity index (χ0n) is 20.8. The van der Waals surface area contributed by atoms with E-state index in [0.717, 1.165) is 51.4 Å². The number of aliphatic hydroxyl groups is 1. The highest BCUT2D eigenvalue weighted by molar-refractivity contribution is 7.13. The van der Waals surface area contributed by atoms with Crippen LogP contribution in [-0.4, -0.2) is 76.5 Å². The van der Waals surface area contributed by atoms with Crippen LogP contribution in [-0.2, 0) is 9.59 Å². The minimum absolute atomic E-state index is 0.00901. The van der Waals surface area contributed by atoms with Crippen molar-refractivity contribution in [2.45, 2.75) is 44.6 Å². The first kappa shape index (κ1) is 23.1. The summed E-state index contributed by atoms with van der Waals surface area (Å²) >= 11 is 1.58. The minimum Gasteiger partial charge on any atom is -0.393 e. The number of imide groups is 1. The number of aliphatic hydroxyl groups excluding tert-OH is 1. The Morgan fingerprint density at radius 2 is 1.64 bits per heavy atom. The van der Waals surface area contributed by atoms with Crippen molar-refractivity contribution < 1.29 is 14.7 Å². The first-order valence-electron chi connectivity index (χ1n) is 13.9. The second kappa shape index (κ2) is 9.07. The highest BCUT2D eigenvalue weighted by atomic mass is 32.1. The number of amides is 2. The van der Waals surface area contributed by atoms with E-state index < -0.39 is 6.10 Å². The van der Waals surface area contributed by atoms with E-state index in [1.807, 2.05) is 0 Å². The molecule has 192 valence electrons. The third-order valence-electron chi connectivity index (χ3n) is 10.1. The van der Waals surface area contributed by atoms with Crippen LogP contribution < -0.4 is 4.90 Å². The molecule has 2 aromatic rings. The first-order chi connectivity index (χ1) is 17.6. The Morgan fingerprint density at radius 1 is 0.917 bits per heavy atom. The molecule has 3 heterocycles. The van der Waals surface area contributed by atoms with Gasteiger partial charge in [-0.15, -0.1) is 0 Å². The van der Waals surface area contributed by atoms with Crippen LogP contribution in [0.5, 0.6) is 0 Å². The molecule has 7 nitrogen and oxygen atoms in total. The molecule has 1 N–H and O–H groups in total. The highest BCUT2D eigenvalue weighted by Crippen LogP contribution is 2.56. The summed E-state index contributed by atoms with van der Waals surface area (Å²) in [6.07, 6.45) is 5.90. The van der Waals surface area contributed by atoms with Crippen LogP contribution in [0, 0.1) is 35.5 Å². The van der Waals surface area contributed by atoms with Gasteiger partial charge >= 0.3 is 0 Å². The molecule has 1 aromatic heterocycles. The molecule has 2 amide bonds. The smallest absolute Gasteiger partial charge is 0.233 e. The Balaban J connectivity index is 0.988. The Hall–Kier alpha value is -2.03. The number of benzene rings is 1. The van der Waals surface area contributed by atoms with Gasteiger partial charge < -0.3 is 10.0 Å². The summed E-state index contributed by atoms with van der Waals surface area (Å²) in [5.41, 5.74) is 0. The summed E-state index contributed by atoms with van der Waals surface area (Å²) in [6.45, 7) is 5.69. The van der Waals surface area contributed by atoms with Crippen molar-refractivity contribution in [3.8, 4) is 0 Å². The molecule has 3 saturated carbocycles. The van der Waals surface area contributed by atoms with E-state index in [1.54, 1.807) is 16.4 Å². The molecule has 5 aliphatic rings. The third-order valence-corrected chi connectivity index (χ3v) is 10.9. The van der Waals surface area contributed by atoms with E-state index in [9.17, 15) is 14.7 Å². The quantitative estimate of drug-likeness (QED) is 0.625. The number of likely N-dealkylation sites (tertiary alicyclic amines) is 1. The predicted molar refractivity (Wildman–Crippen MR) is 140 cm³/mol. The molecule has 0 radical (unpaired) electrons. The van der Waals surface area contributed by atoms with Gasteiger partial charge in [0.15, 0.2) is 0 Å². The van der Waals surface area contributed by atoms with Crippen LogP contribution >= 0.6 is 11.5 Å². The maximum atomic E-state index is 13.3. The van der Waals surface area contributed by atoms with Crippen LogP contribution in [0.2, 0.25) is 0 Å². The topological polar surface area (TPSA) is 77.0 Å². The van der Waals surface area contributed by atoms with Crippen LogP contribution in [0.15, 0.2) is 24.3 Å². The minimum atomic E-state index is -0.392. The SMILES string of the molecule is O=C1[C@@H]2[C@@H]3C[C@H]([C@@H]2C(=O)N1C[C@H]1CCCC[C@@H]1CN1CCN(c2nsc4ccccc24)CC1)[C@H](O)C3. The molecular weight excluding hydrogens is 472 g/mol. The standard InChI is InChI=1S/C28H36N4O3S/c33-22-14-19-13-21(22)25-24(19)27(34)32(28(25)35)16-18-6-2-1-5-17(18)15-30-9-11-31(12-10-30)26-20-7-3-4-8-23(20)36-29-26/h3-4,7-8,17-19,21-22,24-25,33H,1-2,5-6,9-16H2/t17-,18-,19-,21+,22-,24-,25+/m1/s1. The van der Waals surface area contributed by atoms with Gasteiger partial charge in [0, 0.05) is 44.7 Å². The maximum absolute atomic E-state index is 13.3. The lowest BCUT2D eigenvalue weighted by Gasteiger charge is -2.40. The number of hydrogen-bond donors (Lipinski definition) is 1. The first-order valence-corrected chi connectivity index (χ1v) is 14.7. The van der Waals surface area contributed by atoms with Crippen molar-refractivity contribution in [1.29, 1.82) is 0 Å². The summed E-state index contributed by atoms with van der Waals surface area (Å²) in [7, 11) is 0. The van der Waals surface area contributed by atoms with E-state index in [2.05, 4.69) is 34.1 Å². The van der Waals surface area contributed by atoms with Crippen LogP contribution in [0.4, 0.5) is 5.82 Å². The zero-order chi connectivity index (χ0) is 24.4. The summed E-state index contributed by atoms with van der Waals surface area (Å²) in [4.78, 5) is 33.3. The predicted octanol–water partition coefficient (Wildman–Crippen LogP) is 3.23. The van der Waals surface area contributed by atoms with E-state index in [-0.39, 0.29) is 35.5 Å². The number of rotatable bonds is 5. The van der Waals surface area contributed by atoms with Gasteiger partial charge in [0.1, 0.15) is 5.82 Å². The van der Waals surface area contributed by atoms with Crippen molar-refractivity contribution >= 4 is 39.3 Å². The molecule has 2 saturated heterocycles. The average Bonchev–Trinajstić information content (AvgIpc) is 3.64. The summed E-state index contributed by atoms with van der Waals surface area (Å²) < 4.78 is 6.00. The average molecular weight is 509 g/mol. The van der Waals surface area contributed by atoms with Gasteiger partial charge in [-0.25, -0.2) is 0 Å². The normalized spacial score (nSPS) is 36.9. The van der Waals surface area contributed by atoms with Crippen LogP contribution in [0.25, 0.3) is 10.1 Å². The van der Waals surface area contributed by atoms with E-state index >= 15 is 0 Å². The van der Waals surface area contributed by atoms with Crippen molar-refractivity contribution in [2.24, 2.45) is 35.5 Å². The van der Waals surface area contributed by atoms with Crippen molar-refractivity contribution in [1.82, 2.24) is 14.2 Å². The van der Waals surface area contributed by atoms with Crippen molar-refractivity contribution in [2.75, 3.05) is 44.2 Å². The lowest BCUT2D eigenvalue weighted by Crippen LogP contribution is -2.49. The fraction of sp³-hybridized carbons (Fsp3) is 0.679. The molecule has 8 heteroatoms. The molecule has 7 atom stereocenters. The number of carbonyl (C=O) groups excluding carboxylic acids is 2. The number of fused-ring (bicyclic) bond motifs is 6. The fourth-order valence-corrected chi connectivity index (χ4v) is 9.04. The van der Waals surface area contributed by atoms with E-state index in [1.165, 1.54) is 29.3 Å². The second-order valence-electron chi connectivity index (χ2n) is 11.9. The van der Waals surface area contributed by atoms with Gasteiger partial charge in [-0.3, -0.25) is 19.4 Å². The lowest BCUT2D eigenvalue weighted by atomic mass is 9.78. The summed E-state index contributed by atoms with van der Waals surface area (Å²) in [5.74, 6) is 1.97. The van der Waals surface area contributed by atoms with Crippen LogP contribution in [0.1, 0.15) is 38.5 Å². The largest absolute Gasteiger partial charge is 0.393 e. The van der Waals surface area contributed by atoms with Gasteiger partial charge in [0.25, 0.3) is 0 Å². The lowest BCUT2D eigenvalue weighted by molar-refractivity contribution is -0.142. The van der Waals surface area contributed by atoms with Gasteiger partial charge in [-0.2, -0.15) is 4.37 Å². The van der Waals surface area contributed by atoms with Crippen molar-refractivity contribution in [3.05, 3.63) is 24.3 Å². The van der Waals surface area contributed by atoms with Gasteiger partial charge in [0.2, 0.25) is 11.8 Å². The van der Waals surface area contributed by atoms with Crippen LogP contribution in [0.3, 0.4) is 0 Å². The van der Waals surface area contributed by atoms with E-state index in [0.29, 0.717) is 24.8 Å². The Bertz CT molecular complexity index is 1160. The molecule has 3 aliphatic carbocycles. The molecule has 1 aromatic carbocycles. The molecule has 2 bridgehead atoms. The molecule has 36 heavy (non-hydrogen) atoms. The van der Waals surface area contributed by atoms with E-state index in [4.69, 9.17) is 4.37 Å². The number of anilines is 1. The Labute approximate surface area is 216 Å². The monoisotopic (exact) mass is 508 g/mol. The van der Waals surface area contributed by atoms with Gasteiger partial charge in [-0.05, 0) is 73.0 Å². The zero-order valence-corrected chi connectivity index (χ0v) is 21.6. The number of hydrogen-bond acceptors (Lipinski definition) is 7. The fourth-order valence-electron chi connectivity index (χ4n) is 8.24. The Kier molecular flexibility index (Phi) is 5.82. The molecule has 5 fully saturated rings. The van der Waals surface area contributed by atoms with Gasteiger partial charge in [0.05, 0.1) is 22.6 Å².